The Kier molecular flexibility index (Phi) is 3.97. The first-order chi connectivity index (χ1) is 8.58. The monoisotopic (exact) mass is 278 g/mol. The lowest BCUT2D eigenvalue weighted by Crippen LogP contribution is -2.34. The van der Waals surface area contributed by atoms with Crippen LogP contribution in [0.5, 0.6) is 5.19 Å². The van der Waals surface area contributed by atoms with Crippen molar-refractivity contribution in [2.24, 2.45) is 0 Å². The van der Waals surface area contributed by atoms with Crippen LogP contribution in [0, 0.1) is 0 Å². The molecule has 2 heterocycles. The van der Waals surface area contributed by atoms with E-state index < -0.39 is 36.8 Å². The number of rotatable bonds is 4. The molecule has 1 aliphatic heterocycles. The topological polar surface area (TPSA) is 114 Å². The van der Waals surface area contributed by atoms with Crippen LogP contribution in [0.2, 0.25) is 0 Å². The van der Waals surface area contributed by atoms with Gasteiger partial charge in [0.25, 0.3) is 5.19 Å². The maximum Gasteiger partial charge on any atom is 0.363 e. The first-order valence-electron chi connectivity index (χ1n) is 5.43. The molecule has 0 aliphatic carbocycles. The van der Waals surface area contributed by atoms with Gasteiger partial charge >= 0.3 is 5.69 Å². The molecule has 4 atom stereocenters. The van der Waals surface area contributed by atoms with Gasteiger partial charge in [0.1, 0.15) is 18.3 Å². The number of hydrogen-bond donors (Lipinski definition) is 3. The van der Waals surface area contributed by atoms with E-state index in [1.54, 1.807) is 6.92 Å². The highest BCUT2D eigenvalue weighted by atomic mass is 32.1. The van der Waals surface area contributed by atoms with Crippen molar-refractivity contribution in [2.45, 2.75) is 31.5 Å². The highest BCUT2D eigenvalue weighted by Gasteiger charge is 2.44. The Balaban J connectivity index is 2.24. The van der Waals surface area contributed by atoms with E-state index in [4.69, 9.17) is 14.6 Å². The lowest BCUT2D eigenvalue weighted by molar-refractivity contribution is -0.0493. The summed E-state index contributed by atoms with van der Waals surface area (Å²) in [4.78, 5) is 15.2. The van der Waals surface area contributed by atoms with Gasteiger partial charge in [-0.2, -0.15) is 0 Å². The van der Waals surface area contributed by atoms with Gasteiger partial charge in [0.05, 0.1) is 13.2 Å². The molecule has 102 valence electrons. The number of hydrogen-bond acceptors (Lipinski definition) is 8. The summed E-state index contributed by atoms with van der Waals surface area (Å²) >= 11 is 0.893. The third kappa shape index (κ3) is 2.27. The summed E-state index contributed by atoms with van der Waals surface area (Å²) in [7, 11) is 0. The summed E-state index contributed by atoms with van der Waals surface area (Å²) in [5.41, 5.74) is -0.627. The van der Waals surface area contributed by atoms with Crippen molar-refractivity contribution in [1.29, 1.82) is 0 Å². The van der Waals surface area contributed by atoms with Gasteiger partial charge in [-0.1, -0.05) is 0 Å². The Hall–Kier alpha value is -1.00. The summed E-state index contributed by atoms with van der Waals surface area (Å²) < 4.78 is 11.4. The van der Waals surface area contributed by atoms with Gasteiger partial charge in [0, 0.05) is 11.5 Å². The highest BCUT2D eigenvalue weighted by Crippen LogP contribution is 2.30. The second-order valence-corrected chi connectivity index (χ2v) is 4.66. The fraction of sp³-hybridized carbons (Fsp3) is 0.778. The number of ether oxygens (including phenoxy) is 2. The summed E-state index contributed by atoms with van der Waals surface area (Å²) in [5.74, 6) is 0. The van der Waals surface area contributed by atoms with Crippen LogP contribution < -0.4 is 10.4 Å². The molecule has 0 saturated carbocycles. The van der Waals surface area contributed by atoms with Crippen LogP contribution in [0.15, 0.2) is 4.79 Å². The lowest BCUT2D eigenvalue weighted by Gasteiger charge is -2.13. The normalized spacial score (nSPS) is 31.8. The van der Waals surface area contributed by atoms with Gasteiger partial charge in [-0.3, -0.25) is 0 Å². The molecule has 0 amide bonds. The van der Waals surface area contributed by atoms with E-state index in [2.05, 4.69) is 4.98 Å². The van der Waals surface area contributed by atoms with Gasteiger partial charge in [-0.05, 0) is 6.92 Å². The standard InChI is InChI=1S/C9H14N2O6S/c1-2-16-9-10-8(15)11(18-9)7-6(14)5(13)4(3-12)17-7/h4-7,12-14H,2-3H2,1H3/t4-,5-,6-,7-/m1/s1. The van der Waals surface area contributed by atoms with Crippen LogP contribution in [-0.4, -0.2) is 55.8 Å². The summed E-state index contributed by atoms with van der Waals surface area (Å²) in [6, 6.07) is 0. The predicted molar refractivity (Wildman–Crippen MR) is 60.6 cm³/mol. The van der Waals surface area contributed by atoms with E-state index >= 15 is 0 Å². The molecule has 0 bridgehead atoms. The fourth-order valence-electron chi connectivity index (χ4n) is 1.69. The second-order valence-electron chi connectivity index (χ2n) is 3.74. The SMILES string of the molecule is CCOc1nc(=O)n([C@@H]2O[C@H](CO)[C@@H](O)[C@H]2O)s1. The van der Waals surface area contributed by atoms with Crippen molar-refractivity contribution in [1.82, 2.24) is 8.94 Å². The molecule has 1 fully saturated rings. The average molecular weight is 278 g/mol. The van der Waals surface area contributed by atoms with Crippen LogP contribution in [-0.2, 0) is 4.74 Å². The minimum absolute atomic E-state index is 0.167. The summed E-state index contributed by atoms with van der Waals surface area (Å²) in [6.45, 7) is 1.67. The molecule has 2 rings (SSSR count). The highest BCUT2D eigenvalue weighted by molar-refractivity contribution is 7.07. The first kappa shape index (κ1) is 13.4. The molecule has 0 unspecified atom stereocenters. The maximum absolute atomic E-state index is 11.6. The maximum atomic E-state index is 11.6. The molecule has 9 heteroatoms. The second kappa shape index (κ2) is 5.33. The van der Waals surface area contributed by atoms with E-state index in [-0.39, 0.29) is 5.19 Å². The Bertz CT molecular complexity index is 460. The summed E-state index contributed by atoms with van der Waals surface area (Å²) in [5, 5.41) is 28.5. The third-order valence-corrected chi connectivity index (χ3v) is 3.49. The molecule has 1 aromatic rings. The number of aliphatic hydroxyl groups excluding tert-OH is 3. The van der Waals surface area contributed by atoms with Gasteiger partial charge in [0.2, 0.25) is 0 Å². The van der Waals surface area contributed by atoms with E-state index in [0.29, 0.717) is 6.61 Å². The van der Waals surface area contributed by atoms with Crippen LogP contribution in [0.4, 0.5) is 0 Å². The van der Waals surface area contributed by atoms with E-state index in [1.807, 2.05) is 0 Å². The smallest absolute Gasteiger partial charge is 0.363 e. The van der Waals surface area contributed by atoms with Crippen molar-refractivity contribution in [3.05, 3.63) is 10.5 Å². The van der Waals surface area contributed by atoms with Crippen molar-refractivity contribution >= 4 is 11.5 Å². The minimum Gasteiger partial charge on any atom is -0.469 e. The Morgan fingerprint density at radius 1 is 1.50 bits per heavy atom. The molecule has 8 nitrogen and oxygen atoms in total. The van der Waals surface area contributed by atoms with Gasteiger partial charge < -0.3 is 24.8 Å². The minimum atomic E-state index is -1.30. The van der Waals surface area contributed by atoms with E-state index in [1.165, 1.54) is 0 Å². The van der Waals surface area contributed by atoms with Crippen LogP contribution in [0.3, 0.4) is 0 Å². The third-order valence-electron chi connectivity index (χ3n) is 2.57. The largest absolute Gasteiger partial charge is 0.469 e. The number of aromatic nitrogens is 2. The number of aliphatic hydroxyl groups is 3. The fourth-order valence-corrected chi connectivity index (χ4v) is 2.54. The lowest BCUT2D eigenvalue weighted by atomic mass is 10.1. The van der Waals surface area contributed by atoms with Crippen molar-refractivity contribution in [3.8, 4) is 5.19 Å². The molecule has 18 heavy (non-hydrogen) atoms. The van der Waals surface area contributed by atoms with Gasteiger partial charge in [0.15, 0.2) is 6.23 Å². The predicted octanol–water partition coefficient (Wildman–Crippen LogP) is -1.68. The molecule has 1 aromatic heterocycles. The average Bonchev–Trinajstić information content (AvgIpc) is 2.83. The first-order valence-corrected chi connectivity index (χ1v) is 6.21. The zero-order valence-corrected chi connectivity index (χ0v) is 10.4. The molecule has 1 saturated heterocycles. The van der Waals surface area contributed by atoms with Crippen LogP contribution in [0.1, 0.15) is 13.2 Å². The quantitative estimate of drug-likeness (QED) is 0.602. The molecule has 0 spiro atoms. The molecule has 3 N–H and O–H groups in total. The Morgan fingerprint density at radius 3 is 2.78 bits per heavy atom. The van der Waals surface area contributed by atoms with Crippen LogP contribution >= 0.6 is 11.5 Å². The van der Waals surface area contributed by atoms with E-state index in [0.717, 1.165) is 15.5 Å². The molecule has 0 radical (unpaired) electrons. The van der Waals surface area contributed by atoms with Crippen molar-refractivity contribution in [3.63, 3.8) is 0 Å². The van der Waals surface area contributed by atoms with Gasteiger partial charge in [-0.25, -0.2) is 8.75 Å². The molecule has 0 aromatic carbocycles. The molecular formula is C9H14N2O6S. The van der Waals surface area contributed by atoms with Crippen LogP contribution in [0.25, 0.3) is 0 Å². The zero-order chi connectivity index (χ0) is 13.3. The Morgan fingerprint density at radius 2 is 2.22 bits per heavy atom. The van der Waals surface area contributed by atoms with E-state index in [9.17, 15) is 15.0 Å². The summed E-state index contributed by atoms with van der Waals surface area (Å²) in [6.07, 6.45) is -4.52. The molecule has 1 aliphatic rings. The van der Waals surface area contributed by atoms with Crippen molar-refractivity contribution < 1.29 is 24.8 Å². The van der Waals surface area contributed by atoms with Gasteiger partial charge in [-0.15, -0.1) is 4.98 Å². The Labute approximate surface area is 106 Å². The molecular weight excluding hydrogens is 264 g/mol. The zero-order valence-electron chi connectivity index (χ0n) is 9.59. The number of nitrogens with zero attached hydrogens (tertiary/aromatic N) is 2. The van der Waals surface area contributed by atoms with Crippen molar-refractivity contribution in [2.75, 3.05) is 13.2 Å².